The fourth-order valence-corrected chi connectivity index (χ4v) is 2.44. The Morgan fingerprint density at radius 3 is 2.86 bits per heavy atom. The number of halogens is 1. The summed E-state index contributed by atoms with van der Waals surface area (Å²) in [4.78, 5) is 12.4. The molecule has 2 rings (SSSR count). The van der Waals surface area contributed by atoms with Gasteiger partial charge in [0.15, 0.2) is 0 Å². The summed E-state index contributed by atoms with van der Waals surface area (Å²) < 4.78 is 7.90. The number of rotatable bonds is 4. The van der Waals surface area contributed by atoms with E-state index in [1.165, 1.54) is 7.11 Å². The molecule has 0 spiro atoms. The third kappa shape index (κ3) is 3.26. The molecule has 1 N–H and O–H groups in total. The monoisotopic (exact) mass is 347 g/mol. The van der Waals surface area contributed by atoms with Gasteiger partial charge in [-0.05, 0) is 41.1 Å². The maximum atomic E-state index is 12.4. The SMILES string of the molecule is CCn1cc(Br)cc1C(=O)Nc1ccc(C#N)cc1OC. The number of carbonyl (C=O) groups is 1. The normalized spacial score (nSPS) is 10.0. The predicted octanol–water partition coefficient (Wildman–Crippen LogP) is 3.40. The van der Waals surface area contributed by atoms with Crippen LogP contribution in [0.5, 0.6) is 5.75 Å². The number of ether oxygens (including phenoxy) is 1. The number of anilines is 1. The zero-order chi connectivity index (χ0) is 15.4. The molecule has 1 heterocycles. The van der Waals surface area contributed by atoms with Crippen molar-refractivity contribution in [3.8, 4) is 11.8 Å². The van der Waals surface area contributed by atoms with Crippen molar-refractivity contribution < 1.29 is 9.53 Å². The second kappa shape index (κ2) is 6.46. The van der Waals surface area contributed by atoms with Gasteiger partial charge in [-0.15, -0.1) is 0 Å². The lowest BCUT2D eigenvalue weighted by Crippen LogP contribution is -2.16. The summed E-state index contributed by atoms with van der Waals surface area (Å²) in [6.45, 7) is 2.66. The lowest BCUT2D eigenvalue weighted by atomic mass is 10.2. The number of benzene rings is 1. The summed E-state index contributed by atoms with van der Waals surface area (Å²) in [5.41, 5.74) is 1.56. The maximum Gasteiger partial charge on any atom is 0.272 e. The van der Waals surface area contributed by atoms with Crippen molar-refractivity contribution in [1.82, 2.24) is 4.57 Å². The van der Waals surface area contributed by atoms with Crippen molar-refractivity contribution in [2.75, 3.05) is 12.4 Å². The minimum Gasteiger partial charge on any atom is -0.495 e. The van der Waals surface area contributed by atoms with E-state index in [-0.39, 0.29) is 5.91 Å². The number of aryl methyl sites for hydroxylation is 1. The average Bonchev–Trinajstić information content (AvgIpc) is 2.88. The van der Waals surface area contributed by atoms with E-state index >= 15 is 0 Å². The Hall–Kier alpha value is -2.26. The fourth-order valence-electron chi connectivity index (χ4n) is 1.98. The first-order valence-electron chi connectivity index (χ1n) is 6.34. The summed E-state index contributed by atoms with van der Waals surface area (Å²) in [5, 5.41) is 11.7. The summed E-state index contributed by atoms with van der Waals surface area (Å²) >= 11 is 3.36. The van der Waals surface area contributed by atoms with Crippen LogP contribution in [-0.2, 0) is 6.54 Å². The lowest BCUT2D eigenvalue weighted by molar-refractivity contribution is 0.101. The second-order valence-electron chi connectivity index (χ2n) is 4.31. The number of nitriles is 1. The molecule has 21 heavy (non-hydrogen) atoms. The Balaban J connectivity index is 2.29. The molecule has 0 aliphatic rings. The van der Waals surface area contributed by atoms with E-state index in [4.69, 9.17) is 10.00 Å². The van der Waals surface area contributed by atoms with Gasteiger partial charge in [0.1, 0.15) is 11.4 Å². The highest BCUT2D eigenvalue weighted by Crippen LogP contribution is 2.26. The number of methoxy groups -OCH3 is 1. The van der Waals surface area contributed by atoms with Gasteiger partial charge in [-0.1, -0.05) is 0 Å². The van der Waals surface area contributed by atoms with Crippen LogP contribution < -0.4 is 10.1 Å². The van der Waals surface area contributed by atoms with E-state index in [2.05, 4.69) is 21.2 Å². The van der Waals surface area contributed by atoms with Crippen LogP contribution in [0.3, 0.4) is 0 Å². The largest absolute Gasteiger partial charge is 0.495 e. The van der Waals surface area contributed by atoms with Gasteiger partial charge >= 0.3 is 0 Å². The number of nitrogens with one attached hydrogen (secondary N) is 1. The fraction of sp³-hybridized carbons (Fsp3) is 0.200. The number of carbonyl (C=O) groups excluding carboxylic acids is 1. The van der Waals surface area contributed by atoms with E-state index in [0.29, 0.717) is 29.2 Å². The Morgan fingerprint density at radius 2 is 2.24 bits per heavy atom. The van der Waals surface area contributed by atoms with Crippen LogP contribution >= 0.6 is 15.9 Å². The minimum atomic E-state index is -0.231. The molecule has 0 fully saturated rings. The van der Waals surface area contributed by atoms with Crippen molar-refractivity contribution in [2.24, 2.45) is 0 Å². The second-order valence-corrected chi connectivity index (χ2v) is 5.23. The van der Waals surface area contributed by atoms with E-state index in [9.17, 15) is 4.79 Å². The molecule has 0 aliphatic carbocycles. The quantitative estimate of drug-likeness (QED) is 0.921. The highest BCUT2D eigenvalue weighted by molar-refractivity contribution is 9.10. The van der Waals surface area contributed by atoms with Crippen molar-refractivity contribution in [3.63, 3.8) is 0 Å². The number of nitrogens with zero attached hydrogens (tertiary/aromatic N) is 2. The topological polar surface area (TPSA) is 67.0 Å². The van der Waals surface area contributed by atoms with Crippen molar-refractivity contribution >= 4 is 27.5 Å². The van der Waals surface area contributed by atoms with E-state index in [0.717, 1.165) is 4.47 Å². The molecule has 1 aromatic heterocycles. The summed E-state index contributed by atoms with van der Waals surface area (Å²) in [6, 6.07) is 8.67. The van der Waals surface area contributed by atoms with Crippen LogP contribution in [0.4, 0.5) is 5.69 Å². The van der Waals surface area contributed by atoms with Crippen molar-refractivity contribution in [3.05, 3.63) is 46.2 Å². The van der Waals surface area contributed by atoms with Gasteiger partial charge < -0.3 is 14.6 Å². The molecule has 2 aromatic rings. The van der Waals surface area contributed by atoms with Gasteiger partial charge in [0, 0.05) is 23.3 Å². The highest BCUT2D eigenvalue weighted by atomic mass is 79.9. The summed E-state index contributed by atoms with van der Waals surface area (Å²) in [5.74, 6) is 0.224. The predicted molar refractivity (Wildman–Crippen MR) is 83.5 cm³/mol. The third-order valence-electron chi connectivity index (χ3n) is 3.02. The van der Waals surface area contributed by atoms with Gasteiger partial charge in [-0.2, -0.15) is 5.26 Å². The van der Waals surface area contributed by atoms with Crippen LogP contribution in [0.25, 0.3) is 0 Å². The van der Waals surface area contributed by atoms with Crippen molar-refractivity contribution in [1.29, 1.82) is 5.26 Å². The van der Waals surface area contributed by atoms with E-state index < -0.39 is 0 Å². The summed E-state index contributed by atoms with van der Waals surface area (Å²) in [6.07, 6.45) is 1.85. The molecule has 0 saturated carbocycles. The van der Waals surface area contributed by atoms with Gasteiger partial charge in [0.25, 0.3) is 5.91 Å². The number of hydrogen-bond donors (Lipinski definition) is 1. The summed E-state index contributed by atoms with van der Waals surface area (Å²) in [7, 11) is 1.50. The molecule has 108 valence electrons. The molecule has 1 aromatic carbocycles. The first-order valence-corrected chi connectivity index (χ1v) is 7.13. The van der Waals surface area contributed by atoms with E-state index in [1.54, 1.807) is 24.3 Å². The molecule has 5 nitrogen and oxygen atoms in total. The van der Waals surface area contributed by atoms with E-state index in [1.807, 2.05) is 23.8 Å². The van der Waals surface area contributed by atoms with Crippen LogP contribution in [-0.4, -0.2) is 17.6 Å². The minimum absolute atomic E-state index is 0.231. The number of amides is 1. The zero-order valence-electron chi connectivity index (χ0n) is 11.7. The van der Waals surface area contributed by atoms with Crippen LogP contribution in [0, 0.1) is 11.3 Å². The van der Waals surface area contributed by atoms with Crippen molar-refractivity contribution in [2.45, 2.75) is 13.5 Å². The first-order chi connectivity index (χ1) is 10.1. The Bertz CT molecular complexity index is 716. The average molecular weight is 348 g/mol. The molecule has 0 aliphatic heterocycles. The molecule has 1 amide bonds. The molecule has 0 bridgehead atoms. The molecular formula is C15H14BrN3O2. The maximum absolute atomic E-state index is 12.4. The zero-order valence-corrected chi connectivity index (χ0v) is 13.3. The van der Waals surface area contributed by atoms with Gasteiger partial charge in [-0.25, -0.2) is 0 Å². The molecule has 0 unspecified atom stereocenters. The Labute approximate surface area is 131 Å². The highest BCUT2D eigenvalue weighted by Gasteiger charge is 2.14. The molecule has 0 radical (unpaired) electrons. The van der Waals surface area contributed by atoms with Gasteiger partial charge in [0.2, 0.25) is 0 Å². The molecular weight excluding hydrogens is 334 g/mol. The lowest BCUT2D eigenvalue weighted by Gasteiger charge is -2.11. The van der Waals surface area contributed by atoms with Crippen LogP contribution in [0.1, 0.15) is 23.0 Å². The molecule has 0 saturated heterocycles. The number of aromatic nitrogens is 1. The van der Waals surface area contributed by atoms with Gasteiger partial charge in [0.05, 0.1) is 24.4 Å². The smallest absolute Gasteiger partial charge is 0.272 e. The van der Waals surface area contributed by atoms with Gasteiger partial charge in [-0.3, -0.25) is 4.79 Å². The first kappa shape index (κ1) is 15.1. The Kier molecular flexibility index (Phi) is 4.66. The molecule has 6 heteroatoms. The van der Waals surface area contributed by atoms with Crippen LogP contribution in [0.15, 0.2) is 34.9 Å². The third-order valence-corrected chi connectivity index (χ3v) is 3.45. The molecule has 0 atom stereocenters. The Morgan fingerprint density at radius 1 is 1.48 bits per heavy atom. The standard InChI is InChI=1S/C15H14BrN3O2/c1-3-19-9-11(16)7-13(19)15(20)18-12-5-4-10(8-17)6-14(12)21-2/h4-7,9H,3H2,1-2H3,(H,18,20). The number of hydrogen-bond acceptors (Lipinski definition) is 3. The van der Waals surface area contributed by atoms with Crippen LogP contribution in [0.2, 0.25) is 0 Å².